The van der Waals surface area contributed by atoms with Crippen LogP contribution in [0, 0.1) is 0 Å². The first-order chi connectivity index (χ1) is 7.75. The lowest BCUT2D eigenvalue weighted by atomic mass is 10.2. The molecule has 0 spiro atoms. The molecule has 0 unspecified atom stereocenters. The van der Waals surface area contributed by atoms with Gasteiger partial charge in [0, 0.05) is 12.7 Å². The van der Waals surface area contributed by atoms with Crippen LogP contribution in [0.2, 0.25) is 5.02 Å². The van der Waals surface area contributed by atoms with Crippen molar-refractivity contribution in [3.05, 3.63) is 44.1 Å². The smallest absolute Gasteiger partial charge is 0.140 e. The predicted octanol–water partition coefficient (Wildman–Crippen LogP) is 4.21. The summed E-state index contributed by atoms with van der Waals surface area (Å²) in [7, 11) is 0. The Balaban J connectivity index is 1.90. The van der Waals surface area contributed by atoms with Gasteiger partial charge in [-0.3, -0.25) is 0 Å². The number of pyridine rings is 1. The van der Waals surface area contributed by atoms with E-state index in [-0.39, 0.29) is 0 Å². The Kier molecular flexibility index (Phi) is 4.21. The van der Waals surface area contributed by atoms with E-state index in [1.165, 1.54) is 5.56 Å². The fraction of sp³-hybridized carbons (Fsp3) is 0.182. The Morgan fingerprint density at radius 3 is 3.06 bits per heavy atom. The molecule has 0 atom stereocenters. The highest BCUT2D eigenvalue weighted by Gasteiger charge is 2.01. The summed E-state index contributed by atoms with van der Waals surface area (Å²) in [6.07, 6.45) is 2.64. The fourth-order valence-corrected chi connectivity index (χ4v) is 2.79. The number of hydrogen-bond donors (Lipinski definition) is 1. The Hall–Kier alpha value is -0.580. The molecule has 2 heterocycles. The van der Waals surface area contributed by atoms with E-state index in [0.717, 1.165) is 23.3 Å². The molecule has 84 valence electrons. The van der Waals surface area contributed by atoms with Crippen LogP contribution in [0.4, 0.5) is 5.82 Å². The average Bonchev–Trinajstić information content (AvgIpc) is 2.74. The molecule has 16 heavy (non-hydrogen) atoms. The number of nitrogens with one attached hydrogen (secondary N) is 1. The lowest BCUT2D eigenvalue weighted by Crippen LogP contribution is -2.06. The molecule has 0 amide bonds. The fourth-order valence-electron chi connectivity index (χ4n) is 1.30. The topological polar surface area (TPSA) is 24.9 Å². The molecule has 0 aliphatic carbocycles. The summed E-state index contributed by atoms with van der Waals surface area (Å²) in [6, 6.07) is 3.97. The molecule has 0 saturated heterocycles. The van der Waals surface area contributed by atoms with Crippen molar-refractivity contribution in [2.24, 2.45) is 0 Å². The van der Waals surface area contributed by atoms with Gasteiger partial charge in [0.15, 0.2) is 0 Å². The summed E-state index contributed by atoms with van der Waals surface area (Å²) in [5.74, 6) is 0.833. The zero-order valence-corrected chi connectivity index (χ0v) is 11.6. The number of halogens is 2. The molecule has 0 aliphatic heterocycles. The van der Waals surface area contributed by atoms with Gasteiger partial charge in [-0.25, -0.2) is 4.98 Å². The maximum Gasteiger partial charge on any atom is 0.140 e. The highest BCUT2D eigenvalue weighted by molar-refractivity contribution is 9.10. The van der Waals surface area contributed by atoms with E-state index < -0.39 is 0 Å². The van der Waals surface area contributed by atoms with Crippen molar-refractivity contribution in [1.29, 1.82) is 0 Å². The van der Waals surface area contributed by atoms with E-state index in [1.807, 2.05) is 6.07 Å². The van der Waals surface area contributed by atoms with Gasteiger partial charge in [-0.15, -0.1) is 0 Å². The molecule has 0 aliphatic rings. The number of nitrogens with zero attached hydrogens (tertiary/aromatic N) is 1. The molecule has 2 aromatic rings. The van der Waals surface area contributed by atoms with Crippen LogP contribution in [0.15, 0.2) is 33.6 Å². The van der Waals surface area contributed by atoms with E-state index in [4.69, 9.17) is 11.6 Å². The van der Waals surface area contributed by atoms with Crippen molar-refractivity contribution in [3.8, 4) is 0 Å². The predicted molar refractivity (Wildman–Crippen MR) is 73.5 cm³/mol. The summed E-state index contributed by atoms with van der Waals surface area (Å²) in [5.41, 5.74) is 1.35. The number of thiophene rings is 1. The zero-order chi connectivity index (χ0) is 11.4. The number of aromatic nitrogens is 1. The second-order valence-electron chi connectivity index (χ2n) is 3.29. The average molecular weight is 318 g/mol. The molecule has 0 fully saturated rings. The molecule has 2 nitrogen and oxygen atoms in total. The van der Waals surface area contributed by atoms with Crippen LogP contribution in [0.1, 0.15) is 5.56 Å². The van der Waals surface area contributed by atoms with Crippen molar-refractivity contribution in [1.82, 2.24) is 4.98 Å². The van der Waals surface area contributed by atoms with Crippen LogP contribution in [0.25, 0.3) is 0 Å². The van der Waals surface area contributed by atoms with E-state index in [1.54, 1.807) is 17.5 Å². The lowest BCUT2D eigenvalue weighted by molar-refractivity contribution is 1.01. The van der Waals surface area contributed by atoms with Crippen LogP contribution >= 0.6 is 38.9 Å². The third kappa shape index (κ3) is 3.20. The van der Waals surface area contributed by atoms with Crippen LogP contribution in [-0.2, 0) is 6.42 Å². The molecule has 0 bridgehead atoms. The summed E-state index contributed by atoms with van der Waals surface area (Å²) >= 11 is 11.0. The van der Waals surface area contributed by atoms with Crippen molar-refractivity contribution >= 4 is 44.7 Å². The lowest BCUT2D eigenvalue weighted by Gasteiger charge is -2.06. The van der Waals surface area contributed by atoms with Gasteiger partial charge >= 0.3 is 0 Å². The maximum atomic E-state index is 5.81. The highest BCUT2D eigenvalue weighted by Crippen LogP contribution is 2.23. The minimum absolute atomic E-state index is 0.634. The minimum Gasteiger partial charge on any atom is -0.369 e. The van der Waals surface area contributed by atoms with Crippen LogP contribution in [0.5, 0.6) is 0 Å². The van der Waals surface area contributed by atoms with Gasteiger partial charge in [-0.1, -0.05) is 11.6 Å². The molecule has 0 radical (unpaired) electrons. The van der Waals surface area contributed by atoms with Gasteiger partial charge < -0.3 is 5.32 Å². The van der Waals surface area contributed by atoms with Gasteiger partial charge in [0.25, 0.3) is 0 Å². The first-order valence-electron chi connectivity index (χ1n) is 4.81. The molecule has 2 rings (SSSR count). The molecule has 1 N–H and O–H groups in total. The SMILES string of the molecule is Clc1cnc(NCCc2ccsc2)c(Br)c1. The Labute approximate surface area is 112 Å². The van der Waals surface area contributed by atoms with Crippen molar-refractivity contribution in [2.75, 3.05) is 11.9 Å². The van der Waals surface area contributed by atoms with E-state index >= 15 is 0 Å². The van der Waals surface area contributed by atoms with Crippen molar-refractivity contribution in [2.45, 2.75) is 6.42 Å². The Morgan fingerprint density at radius 2 is 2.38 bits per heavy atom. The largest absolute Gasteiger partial charge is 0.369 e. The monoisotopic (exact) mass is 316 g/mol. The molecular formula is C11H10BrClN2S. The van der Waals surface area contributed by atoms with Crippen LogP contribution in [-0.4, -0.2) is 11.5 Å². The highest BCUT2D eigenvalue weighted by atomic mass is 79.9. The molecule has 0 saturated carbocycles. The van der Waals surface area contributed by atoms with Crippen LogP contribution in [0.3, 0.4) is 0 Å². The number of rotatable bonds is 4. The second-order valence-corrected chi connectivity index (χ2v) is 5.36. The van der Waals surface area contributed by atoms with E-state index in [2.05, 4.69) is 43.1 Å². The molecular weight excluding hydrogens is 308 g/mol. The summed E-state index contributed by atoms with van der Waals surface area (Å²) in [6.45, 7) is 0.865. The summed E-state index contributed by atoms with van der Waals surface area (Å²) < 4.78 is 0.894. The normalized spacial score (nSPS) is 10.4. The second kappa shape index (κ2) is 5.66. The Morgan fingerprint density at radius 1 is 1.50 bits per heavy atom. The molecule has 2 aromatic heterocycles. The van der Waals surface area contributed by atoms with E-state index in [0.29, 0.717) is 5.02 Å². The maximum absolute atomic E-state index is 5.81. The minimum atomic E-state index is 0.634. The Bertz CT molecular complexity index is 459. The quantitative estimate of drug-likeness (QED) is 0.913. The first-order valence-corrected chi connectivity index (χ1v) is 6.93. The number of hydrogen-bond acceptors (Lipinski definition) is 3. The van der Waals surface area contributed by atoms with Gasteiger partial charge in [0.1, 0.15) is 5.82 Å². The van der Waals surface area contributed by atoms with Gasteiger partial charge in [-0.05, 0) is 50.8 Å². The van der Waals surface area contributed by atoms with E-state index in [9.17, 15) is 0 Å². The third-order valence-corrected chi connectivity index (χ3v) is 3.64. The van der Waals surface area contributed by atoms with Crippen LogP contribution < -0.4 is 5.32 Å². The van der Waals surface area contributed by atoms with Crippen molar-refractivity contribution < 1.29 is 0 Å². The standard InChI is InChI=1S/C11H10BrClN2S/c12-10-5-9(13)6-15-11(10)14-3-1-8-2-4-16-7-8/h2,4-7H,1,3H2,(H,14,15). The summed E-state index contributed by atoms with van der Waals surface area (Å²) in [4.78, 5) is 4.21. The molecule has 0 aromatic carbocycles. The first kappa shape index (κ1) is 11.9. The van der Waals surface area contributed by atoms with Gasteiger partial charge in [0.05, 0.1) is 9.50 Å². The van der Waals surface area contributed by atoms with Gasteiger partial charge in [0.2, 0.25) is 0 Å². The third-order valence-electron chi connectivity index (χ3n) is 2.09. The number of anilines is 1. The zero-order valence-electron chi connectivity index (χ0n) is 8.41. The van der Waals surface area contributed by atoms with Gasteiger partial charge in [-0.2, -0.15) is 11.3 Å². The molecule has 5 heteroatoms. The van der Waals surface area contributed by atoms with Crippen molar-refractivity contribution in [3.63, 3.8) is 0 Å². The summed E-state index contributed by atoms with van der Waals surface area (Å²) in [5, 5.41) is 8.15.